The van der Waals surface area contributed by atoms with E-state index >= 15 is 0 Å². The van der Waals surface area contributed by atoms with Crippen molar-refractivity contribution in [1.29, 1.82) is 0 Å². The summed E-state index contributed by atoms with van der Waals surface area (Å²) in [5, 5.41) is 0.771. The molecule has 0 aliphatic rings. The number of carbonyl (C=O) groups excluding carboxylic acids is 1. The number of fused-ring (bicyclic) bond motifs is 1. The van der Waals surface area contributed by atoms with E-state index in [1.165, 1.54) is 0 Å². The Balaban J connectivity index is 1.75. The largest absolute Gasteiger partial charge is 0.495 e. The minimum absolute atomic E-state index is 0.138. The van der Waals surface area contributed by atoms with Gasteiger partial charge in [0.05, 0.1) is 18.4 Å². The van der Waals surface area contributed by atoms with Crippen LogP contribution < -0.4 is 9.64 Å². The van der Waals surface area contributed by atoms with Crippen molar-refractivity contribution in [3.8, 4) is 16.9 Å². The Bertz CT molecular complexity index is 1360. The number of anilines is 1. The lowest BCUT2D eigenvalue weighted by Gasteiger charge is -2.17. The van der Waals surface area contributed by atoms with Crippen molar-refractivity contribution in [2.75, 3.05) is 32.7 Å². The topological polar surface area (TPSA) is 69.5 Å². The molecule has 0 aliphatic carbocycles. The van der Waals surface area contributed by atoms with E-state index in [-0.39, 0.29) is 5.78 Å². The van der Waals surface area contributed by atoms with Crippen molar-refractivity contribution in [3.63, 3.8) is 0 Å². The van der Waals surface area contributed by atoms with Crippen LogP contribution in [0, 0.1) is 0 Å². The summed E-state index contributed by atoms with van der Waals surface area (Å²) in [7, 11) is 4.43. The lowest BCUT2D eigenvalue weighted by molar-refractivity contribution is 0.0896. The molecule has 0 bridgehead atoms. The van der Waals surface area contributed by atoms with Gasteiger partial charge in [0.2, 0.25) is 5.78 Å². The van der Waals surface area contributed by atoms with Crippen molar-refractivity contribution in [3.05, 3.63) is 72.3 Å². The molecule has 7 nitrogen and oxygen atoms in total. The first-order valence-corrected chi connectivity index (χ1v) is 15.8. The maximum Gasteiger partial charge on any atom is 0.213 e. The third kappa shape index (κ3) is 5.66. The van der Waals surface area contributed by atoms with Gasteiger partial charge in [-0.3, -0.25) is 9.78 Å². The van der Waals surface area contributed by atoms with E-state index in [0.29, 0.717) is 30.2 Å². The number of ketones is 1. The third-order valence-corrected chi connectivity index (χ3v) is 7.78. The molecule has 0 N–H and O–H groups in total. The molecule has 0 atom stereocenters. The van der Waals surface area contributed by atoms with Gasteiger partial charge in [-0.1, -0.05) is 31.8 Å². The number of benzene rings is 1. The van der Waals surface area contributed by atoms with Crippen LogP contribution in [0.2, 0.25) is 25.7 Å². The van der Waals surface area contributed by atoms with Crippen LogP contribution in [0.1, 0.15) is 16.1 Å². The molecule has 0 unspecified atom stereocenters. The minimum Gasteiger partial charge on any atom is -0.495 e. The average molecular weight is 503 g/mol. The van der Waals surface area contributed by atoms with E-state index in [0.717, 1.165) is 34.0 Å². The van der Waals surface area contributed by atoms with Gasteiger partial charge in [0.15, 0.2) is 0 Å². The number of hydrogen-bond donors (Lipinski definition) is 0. The number of carbonyl (C=O) groups is 1. The van der Waals surface area contributed by atoms with Crippen LogP contribution in [0.4, 0.5) is 5.69 Å². The zero-order valence-electron chi connectivity index (χ0n) is 21.9. The van der Waals surface area contributed by atoms with Gasteiger partial charge >= 0.3 is 0 Å². The number of pyridine rings is 2. The van der Waals surface area contributed by atoms with Gasteiger partial charge in [0.25, 0.3) is 0 Å². The smallest absolute Gasteiger partial charge is 0.213 e. The van der Waals surface area contributed by atoms with Gasteiger partial charge in [-0.05, 0) is 41.9 Å². The van der Waals surface area contributed by atoms with Crippen LogP contribution in [0.5, 0.6) is 5.75 Å². The summed E-state index contributed by atoms with van der Waals surface area (Å²) >= 11 is 0. The molecule has 3 heterocycles. The van der Waals surface area contributed by atoms with E-state index in [4.69, 9.17) is 14.5 Å². The fourth-order valence-corrected chi connectivity index (χ4v) is 4.77. The Labute approximate surface area is 213 Å². The quantitative estimate of drug-likeness (QED) is 0.157. The van der Waals surface area contributed by atoms with Gasteiger partial charge in [-0.25, -0.2) is 4.98 Å². The van der Waals surface area contributed by atoms with Crippen LogP contribution in [0.25, 0.3) is 22.2 Å². The molecule has 1 aromatic carbocycles. The first-order chi connectivity index (χ1) is 17.2. The summed E-state index contributed by atoms with van der Waals surface area (Å²) in [6, 6.07) is 14.5. The normalized spacial score (nSPS) is 11.6. The predicted molar refractivity (Wildman–Crippen MR) is 148 cm³/mol. The molecule has 0 amide bonds. The maximum absolute atomic E-state index is 13.4. The second kappa shape index (κ2) is 10.6. The van der Waals surface area contributed by atoms with Crippen molar-refractivity contribution in [1.82, 2.24) is 14.5 Å². The van der Waals surface area contributed by atoms with Crippen molar-refractivity contribution in [2.45, 2.75) is 32.4 Å². The second-order valence-corrected chi connectivity index (χ2v) is 15.9. The minimum atomic E-state index is -1.20. The molecular weight excluding hydrogens is 468 g/mol. The number of methoxy groups -OCH3 is 1. The third-order valence-electron chi connectivity index (χ3n) is 6.08. The van der Waals surface area contributed by atoms with E-state index in [1.807, 2.05) is 66.3 Å². The highest BCUT2D eigenvalue weighted by Gasteiger charge is 2.20. The molecule has 0 spiro atoms. The number of hydrogen-bond acceptors (Lipinski definition) is 6. The Kier molecular flexibility index (Phi) is 7.56. The first kappa shape index (κ1) is 25.6. The fourth-order valence-electron chi connectivity index (χ4n) is 4.01. The first-order valence-electron chi connectivity index (χ1n) is 12.1. The van der Waals surface area contributed by atoms with Gasteiger partial charge in [0.1, 0.15) is 23.8 Å². The zero-order valence-corrected chi connectivity index (χ0v) is 22.9. The monoisotopic (exact) mass is 502 g/mol. The van der Waals surface area contributed by atoms with Gasteiger partial charge < -0.3 is 18.9 Å². The molecule has 0 fully saturated rings. The Morgan fingerprint density at radius 1 is 1.06 bits per heavy atom. The summed E-state index contributed by atoms with van der Waals surface area (Å²) in [6.07, 6.45) is 5.30. The van der Waals surface area contributed by atoms with E-state index in [2.05, 4.69) is 24.6 Å². The van der Waals surface area contributed by atoms with E-state index < -0.39 is 8.07 Å². The summed E-state index contributed by atoms with van der Waals surface area (Å²) < 4.78 is 13.5. The van der Waals surface area contributed by atoms with Crippen molar-refractivity contribution >= 4 is 30.6 Å². The Morgan fingerprint density at radius 3 is 2.53 bits per heavy atom. The average Bonchev–Trinajstić information content (AvgIpc) is 3.23. The molecule has 36 heavy (non-hydrogen) atoms. The maximum atomic E-state index is 13.4. The molecule has 0 radical (unpaired) electrons. The highest BCUT2D eigenvalue weighted by Crippen LogP contribution is 2.34. The molecule has 3 aromatic heterocycles. The molecule has 4 rings (SSSR count). The number of aromatic nitrogens is 3. The highest BCUT2D eigenvalue weighted by molar-refractivity contribution is 6.76. The van der Waals surface area contributed by atoms with Crippen LogP contribution in [0.15, 0.2) is 61.1 Å². The lowest BCUT2D eigenvalue weighted by Crippen LogP contribution is -2.22. The van der Waals surface area contributed by atoms with Crippen LogP contribution >= 0.6 is 0 Å². The standard InChI is InChI=1S/C28H34N4O3Si/c1-31(2)25-11-10-20(16-26(25)34-3)21-15-22-23(27(33)24-9-7-8-12-29-24)18-32(28(22)30-17-21)19-35-13-14-36(4,5)6/h7-12,15-18H,13-14,19H2,1-6H3. The summed E-state index contributed by atoms with van der Waals surface area (Å²) in [5.41, 5.74) is 4.52. The molecule has 188 valence electrons. The fraction of sp³-hybridized carbons (Fsp3) is 0.321. The Morgan fingerprint density at radius 2 is 1.86 bits per heavy atom. The van der Waals surface area contributed by atoms with Gasteiger partial charge in [-0.2, -0.15) is 0 Å². The van der Waals surface area contributed by atoms with Crippen molar-refractivity contribution < 1.29 is 14.3 Å². The summed E-state index contributed by atoms with van der Waals surface area (Å²) in [5.74, 6) is 0.636. The van der Waals surface area contributed by atoms with Crippen LogP contribution in [0.3, 0.4) is 0 Å². The predicted octanol–water partition coefficient (Wildman–Crippen LogP) is 5.72. The molecule has 4 aromatic rings. The lowest BCUT2D eigenvalue weighted by atomic mass is 10.0. The molecule has 0 saturated heterocycles. The summed E-state index contributed by atoms with van der Waals surface area (Å²) in [4.78, 5) is 24.5. The number of ether oxygens (including phenoxy) is 2. The highest BCUT2D eigenvalue weighted by atomic mass is 28.3. The van der Waals surface area contributed by atoms with Crippen LogP contribution in [-0.4, -0.2) is 56.2 Å². The van der Waals surface area contributed by atoms with Gasteiger partial charge in [0, 0.05) is 58.3 Å². The van der Waals surface area contributed by atoms with Crippen LogP contribution in [-0.2, 0) is 11.5 Å². The van der Waals surface area contributed by atoms with Gasteiger partial charge in [-0.15, -0.1) is 0 Å². The SMILES string of the molecule is COc1cc(-c2cnc3c(c2)c(C(=O)c2ccccn2)cn3COCC[Si](C)(C)C)ccc1N(C)C. The summed E-state index contributed by atoms with van der Waals surface area (Å²) in [6.45, 7) is 8.01. The molecule has 0 aliphatic heterocycles. The van der Waals surface area contributed by atoms with E-state index in [1.54, 1.807) is 25.4 Å². The number of rotatable bonds is 10. The molecule has 8 heteroatoms. The van der Waals surface area contributed by atoms with E-state index in [9.17, 15) is 4.79 Å². The Hall–Kier alpha value is -3.49. The zero-order chi connectivity index (χ0) is 25.9. The number of nitrogens with zero attached hydrogens (tertiary/aromatic N) is 4. The van der Waals surface area contributed by atoms with Crippen molar-refractivity contribution in [2.24, 2.45) is 0 Å². The molecular formula is C28H34N4O3Si. The second-order valence-electron chi connectivity index (χ2n) is 10.3. The molecule has 0 saturated carbocycles.